The Kier molecular flexibility index (Phi) is 3.72. The fourth-order valence-electron chi connectivity index (χ4n) is 1.96. The van der Waals surface area contributed by atoms with E-state index in [1.165, 1.54) is 0 Å². The Morgan fingerprint density at radius 2 is 1.64 bits per heavy atom. The zero-order valence-electron chi connectivity index (χ0n) is 10.8. The Labute approximate surface area is 132 Å². The molecular weight excluding hydrogens is 335 g/mol. The highest BCUT2D eigenvalue weighted by molar-refractivity contribution is 6.35. The van der Waals surface area contributed by atoms with E-state index in [-0.39, 0.29) is 16.9 Å². The van der Waals surface area contributed by atoms with Gasteiger partial charge >= 0.3 is 0 Å². The first kappa shape index (κ1) is 14.7. The lowest BCUT2D eigenvalue weighted by Crippen LogP contribution is -2.12. The van der Waals surface area contributed by atoms with Crippen LogP contribution in [0.15, 0.2) is 35.1 Å². The predicted octanol–water partition coefficient (Wildman–Crippen LogP) is 4.25. The summed E-state index contributed by atoms with van der Waals surface area (Å²) in [4.78, 5) is 18.4. The minimum atomic E-state index is -1.11. The lowest BCUT2D eigenvalue weighted by Gasteiger charge is -2.07. The molecule has 0 radical (unpaired) electrons. The molecule has 0 saturated carbocycles. The third-order valence-electron chi connectivity index (χ3n) is 2.87. The number of fused-ring (bicyclic) bond motifs is 1. The maximum absolute atomic E-state index is 13.3. The van der Waals surface area contributed by atoms with Crippen LogP contribution in [0.1, 0.15) is 0 Å². The Morgan fingerprint density at radius 3 is 2.32 bits per heavy atom. The molecule has 0 atom stereocenters. The first-order chi connectivity index (χ1) is 10.4. The molecule has 3 rings (SSSR count). The van der Waals surface area contributed by atoms with E-state index >= 15 is 0 Å². The molecule has 112 valence electrons. The van der Waals surface area contributed by atoms with Gasteiger partial charge in [0.1, 0.15) is 0 Å². The highest BCUT2D eigenvalue weighted by Gasteiger charge is 2.10. The minimum absolute atomic E-state index is 0.0262. The monoisotopic (exact) mass is 341 g/mol. The molecule has 2 N–H and O–H groups in total. The van der Waals surface area contributed by atoms with Crippen LogP contribution >= 0.6 is 23.2 Å². The Morgan fingerprint density at radius 1 is 1.00 bits per heavy atom. The SMILES string of the molecule is O=c1[nH]c(Nc2cc(Cl)cc(Cl)c2)nc2cc(F)c(F)cc12. The van der Waals surface area contributed by atoms with E-state index in [2.05, 4.69) is 15.3 Å². The fourth-order valence-corrected chi connectivity index (χ4v) is 2.48. The number of hydrogen-bond donors (Lipinski definition) is 2. The van der Waals surface area contributed by atoms with E-state index in [4.69, 9.17) is 23.2 Å². The maximum atomic E-state index is 13.3. The van der Waals surface area contributed by atoms with Crippen LogP contribution in [0.2, 0.25) is 10.0 Å². The third-order valence-corrected chi connectivity index (χ3v) is 3.31. The zero-order valence-corrected chi connectivity index (χ0v) is 12.3. The summed E-state index contributed by atoms with van der Waals surface area (Å²) >= 11 is 11.7. The Balaban J connectivity index is 2.08. The summed E-state index contributed by atoms with van der Waals surface area (Å²) in [5, 5.41) is 3.54. The van der Waals surface area contributed by atoms with Crippen molar-refractivity contribution >= 4 is 45.7 Å². The van der Waals surface area contributed by atoms with Gasteiger partial charge < -0.3 is 5.32 Å². The molecule has 22 heavy (non-hydrogen) atoms. The van der Waals surface area contributed by atoms with Gasteiger partial charge in [-0.15, -0.1) is 0 Å². The lowest BCUT2D eigenvalue weighted by atomic mass is 10.2. The molecule has 0 aliphatic rings. The molecule has 1 heterocycles. The van der Waals surface area contributed by atoms with Crippen LogP contribution in [-0.2, 0) is 0 Å². The number of hydrogen-bond acceptors (Lipinski definition) is 3. The number of nitrogens with zero attached hydrogens (tertiary/aromatic N) is 1. The smallest absolute Gasteiger partial charge is 0.260 e. The lowest BCUT2D eigenvalue weighted by molar-refractivity contribution is 0.510. The van der Waals surface area contributed by atoms with Gasteiger partial charge in [-0.2, -0.15) is 0 Å². The number of nitrogens with one attached hydrogen (secondary N) is 2. The normalized spacial score (nSPS) is 10.9. The first-order valence-electron chi connectivity index (χ1n) is 6.04. The van der Waals surface area contributed by atoms with Crippen LogP contribution in [-0.4, -0.2) is 9.97 Å². The van der Waals surface area contributed by atoms with Gasteiger partial charge in [-0.05, 0) is 24.3 Å². The van der Waals surface area contributed by atoms with Crippen molar-refractivity contribution < 1.29 is 8.78 Å². The van der Waals surface area contributed by atoms with Crippen molar-refractivity contribution in [2.45, 2.75) is 0 Å². The van der Waals surface area contributed by atoms with Gasteiger partial charge in [-0.3, -0.25) is 9.78 Å². The van der Waals surface area contributed by atoms with Crippen molar-refractivity contribution in [3.05, 3.63) is 62.4 Å². The second kappa shape index (κ2) is 5.55. The van der Waals surface area contributed by atoms with Gasteiger partial charge in [0.05, 0.1) is 10.9 Å². The predicted molar refractivity (Wildman–Crippen MR) is 82.0 cm³/mol. The summed E-state index contributed by atoms with van der Waals surface area (Å²) in [5.41, 5.74) is -0.0830. The topological polar surface area (TPSA) is 57.8 Å². The zero-order chi connectivity index (χ0) is 15.9. The van der Waals surface area contributed by atoms with E-state index in [1.54, 1.807) is 18.2 Å². The number of halogens is 4. The molecule has 1 aromatic heterocycles. The van der Waals surface area contributed by atoms with Crippen LogP contribution in [0.5, 0.6) is 0 Å². The average Bonchev–Trinajstić information content (AvgIpc) is 2.40. The van der Waals surface area contributed by atoms with Crippen molar-refractivity contribution in [1.29, 1.82) is 0 Å². The maximum Gasteiger partial charge on any atom is 0.260 e. The molecule has 0 spiro atoms. The van der Waals surface area contributed by atoms with Gasteiger partial charge in [-0.1, -0.05) is 23.2 Å². The molecule has 0 aliphatic carbocycles. The van der Waals surface area contributed by atoms with Gasteiger partial charge in [0.15, 0.2) is 11.6 Å². The summed E-state index contributed by atoms with van der Waals surface area (Å²) in [6, 6.07) is 6.35. The van der Waals surface area contributed by atoms with E-state index in [1.807, 2.05) is 0 Å². The van der Waals surface area contributed by atoms with Crippen molar-refractivity contribution in [1.82, 2.24) is 9.97 Å². The minimum Gasteiger partial charge on any atom is -0.326 e. The molecule has 3 aromatic rings. The Hall–Kier alpha value is -2.18. The molecule has 0 unspecified atom stereocenters. The summed E-state index contributed by atoms with van der Waals surface area (Å²) < 4.78 is 26.4. The third kappa shape index (κ3) is 2.88. The summed E-state index contributed by atoms with van der Waals surface area (Å²) in [7, 11) is 0. The number of aromatic amines is 1. The largest absolute Gasteiger partial charge is 0.326 e. The van der Waals surface area contributed by atoms with Crippen LogP contribution < -0.4 is 10.9 Å². The number of rotatable bonds is 2. The standard InChI is InChI=1S/C14H7Cl2F2N3O/c15-6-1-7(16)3-8(2-6)19-14-20-12-5-11(18)10(17)4-9(12)13(22)21-14/h1-5H,(H2,19,20,21,22). The van der Waals surface area contributed by atoms with Crippen LogP contribution in [0, 0.1) is 11.6 Å². The average molecular weight is 342 g/mol. The van der Waals surface area contributed by atoms with Crippen LogP contribution in [0.3, 0.4) is 0 Å². The molecule has 2 aromatic carbocycles. The molecule has 8 heteroatoms. The number of aromatic nitrogens is 2. The molecule has 0 bridgehead atoms. The highest BCUT2D eigenvalue weighted by Crippen LogP contribution is 2.24. The summed E-state index contributed by atoms with van der Waals surface area (Å²) in [6.45, 7) is 0. The van der Waals surface area contributed by atoms with E-state index < -0.39 is 17.2 Å². The van der Waals surface area contributed by atoms with Gasteiger partial charge in [0.2, 0.25) is 5.95 Å². The van der Waals surface area contributed by atoms with E-state index in [0.29, 0.717) is 15.7 Å². The van der Waals surface area contributed by atoms with Crippen LogP contribution in [0.25, 0.3) is 10.9 Å². The van der Waals surface area contributed by atoms with Gasteiger partial charge in [0.25, 0.3) is 5.56 Å². The molecule has 0 fully saturated rings. The van der Waals surface area contributed by atoms with Crippen LogP contribution in [0.4, 0.5) is 20.4 Å². The van der Waals surface area contributed by atoms with E-state index in [9.17, 15) is 13.6 Å². The number of benzene rings is 2. The second-order valence-electron chi connectivity index (χ2n) is 4.48. The fraction of sp³-hybridized carbons (Fsp3) is 0. The van der Waals surface area contributed by atoms with Crippen molar-refractivity contribution in [2.24, 2.45) is 0 Å². The summed E-state index contributed by atoms with van der Waals surface area (Å²) in [5.74, 6) is -2.13. The molecule has 4 nitrogen and oxygen atoms in total. The molecule has 0 saturated heterocycles. The second-order valence-corrected chi connectivity index (χ2v) is 5.35. The van der Waals surface area contributed by atoms with Gasteiger partial charge in [0, 0.05) is 21.8 Å². The molecule has 0 aliphatic heterocycles. The molecule has 0 amide bonds. The van der Waals surface area contributed by atoms with Crippen molar-refractivity contribution in [2.75, 3.05) is 5.32 Å². The number of H-pyrrole nitrogens is 1. The van der Waals surface area contributed by atoms with E-state index in [0.717, 1.165) is 12.1 Å². The quantitative estimate of drug-likeness (QED) is 0.732. The van der Waals surface area contributed by atoms with Crippen molar-refractivity contribution in [3.8, 4) is 0 Å². The first-order valence-corrected chi connectivity index (χ1v) is 6.80. The Bertz CT molecular complexity index is 923. The summed E-state index contributed by atoms with van der Waals surface area (Å²) in [6.07, 6.45) is 0. The molecular formula is C14H7Cl2F2N3O. The highest BCUT2D eigenvalue weighted by atomic mass is 35.5. The number of anilines is 2. The van der Waals surface area contributed by atoms with Crippen molar-refractivity contribution in [3.63, 3.8) is 0 Å². The van der Waals surface area contributed by atoms with Gasteiger partial charge in [-0.25, -0.2) is 13.8 Å².